The molecule has 0 radical (unpaired) electrons. The topological polar surface area (TPSA) is 126 Å². The van der Waals surface area contributed by atoms with Gasteiger partial charge in [0.25, 0.3) is 5.56 Å². The zero-order valence-corrected chi connectivity index (χ0v) is 13.0. The van der Waals surface area contributed by atoms with Crippen molar-refractivity contribution in [1.82, 2.24) is 14.5 Å². The molecule has 1 aliphatic rings. The van der Waals surface area contributed by atoms with Crippen LogP contribution in [-0.4, -0.2) is 55.1 Å². The van der Waals surface area contributed by atoms with E-state index >= 15 is 0 Å². The Hall–Kier alpha value is -2.12. The Kier molecular flexibility index (Phi) is 4.23. The van der Waals surface area contributed by atoms with Crippen molar-refractivity contribution in [2.75, 3.05) is 19.0 Å². The molecule has 2 aromatic rings. The van der Waals surface area contributed by atoms with Crippen LogP contribution in [0, 0.1) is 11.8 Å². The van der Waals surface area contributed by atoms with Crippen molar-refractivity contribution < 1.29 is 19.3 Å². The second-order valence-electron chi connectivity index (χ2n) is 5.27. The number of H-pyrrole nitrogens is 1. The average molecular weight is 357 g/mol. The summed E-state index contributed by atoms with van der Waals surface area (Å²) < 4.78 is 19.4. The lowest BCUT2D eigenvalue weighted by Gasteiger charge is -2.25. The number of nitrogen functional groups attached to an aromatic ring is 1. The van der Waals surface area contributed by atoms with Crippen LogP contribution in [0.3, 0.4) is 0 Å². The van der Waals surface area contributed by atoms with Crippen LogP contribution in [0.5, 0.6) is 0 Å². The molecular formula is C14H14ClFN4O4. The fourth-order valence-electron chi connectivity index (χ4n) is 2.72. The van der Waals surface area contributed by atoms with E-state index in [0.717, 1.165) is 0 Å². The molecule has 0 aromatic carbocycles. The molecule has 0 saturated carbocycles. The summed E-state index contributed by atoms with van der Waals surface area (Å²) in [5.74, 6) is 4.50. The number of alkyl halides is 2. The molecule has 0 amide bonds. The van der Waals surface area contributed by atoms with Gasteiger partial charge in [0.2, 0.25) is 5.95 Å². The van der Waals surface area contributed by atoms with Crippen molar-refractivity contribution in [2.24, 2.45) is 0 Å². The summed E-state index contributed by atoms with van der Waals surface area (Å²) in [6, 6.07) is 1.47. The molecule has 10 heteroatoms. The lowest BCUT2D eigenvalue weighted by molar-refractivity contribution is -0.0435. The van der Waals surface area contributed by atoms with Crippen LogP contribution in [0.25, 0.3) is 11.0 Å². The maximum Gasteiger partial charge on any atom is 0.261 e. The Morgan fingerprint density at radius 2 is 2.38 bits per heavy atom. The summed E-state index contributed by atoms with van der Waals surface area (Å²) in [6.07, 6.45) is -2.06. The first-order valence-electron chi connectivity index (χ1n) is 6.98. The second-order valence-corrected chi connectivity index (χ2v) is 5.89. The Labute approximate surface area is 140 Å². The Morgan fingerprint density at radius 1 is 1.62 bits per heavy atom. The molecule has 3 heterocycles. The number of halogens is 2. The fraction of sp³-hybridized carbons (Fsp3) is 0.429. The van der Waals surface area contributed by atoms with Crippen LogP contribution in [-0.2, 0) is 4.74 Å². The monoisotopic (exact) mass is 356 g/mol. The standard InChI is InChI=1S/C14H14ClFN4O4/c15-14(3-1-4-16)9(22)8(6-21)24-12(14)20-5-2-7-10(20)18-13(17)19-11(7)23/h2,5,8-9,12,21-22H,4,6H2,(H3,17,18,19,23)/t8-,9?,12-,14-/m1/s1. The molecule has 128 valence electrons. The zero-order chi connectivity index (χ0) is 17.5. The first kappa shape index (κ1) is 16.7. The van der Waals surface area contributed by atoms with Crippen LogP contribution in [0.1, 0.15) is 6.23 Å². The van der Waals surface area contributed by atoms with Crippen molar-refractivity contribution in [3.05, 3.63) is 22.6 Å². The molecule has 5 N–H and O–H groups in total. The third kappa shape index (κ3) is 2.44. The van der Waals surface area contributed by atoms with Gasteiger partial charge in [0.1, 0.15) is 18.9 Å². The van der Waals surface area contributed by atoms with E-state index in [0.29, 0.717) is 0 Å². The minimum Gasteiger partial charge on any atom is -0.394 e. The number of nitrogens with one attached hydrogen (secondary N) is 1. The minimum absolute atomic E-state index is 0.111. The van der Waals surface area contributed by atoms with Crippen LogP contribution in [0.4, 0.5) is 10.3 Å². The van der Waals surface area contributed by atoms with E-state index in [1.165, 1.54) is 16.8 Å². The van der Waals surface area contributed by atoms with E-state index in [2.05, 4.69) is 21.8 Å². The molecule has 8 nitrogen and oxygen atoms in total. The van der Waals surface area contributed by atoms with Gasteiger partial charge in [0, 0.05) is 6.20 Å². The highest BCUT2D eigenvalue weighted by molar-refractivity contribution is 6.27. The van der Waals surface area contributed by atoms with E-state index in [-0.39, 0.29) is 17.0 Å². The van der Waals surface area contributed by atoms with E-state index in [1.807, 2.05) is 0 Å². The third-order valence-corrected chi connectivity index (χ3v) is 4.33. The Bertz CT molecular complexity index is 888. The van der Waals surface area contributed by atoms with Gasteiger partial charge >= 0.3 is 0 Å². The summed E-state index contributed by atoms with van der Waals surface area (Å²) in [6.45, 7) is -1.48. The summed E-state index contributed by atoms with van der Waals surface area (Å²) in [5.41, 5.74) is 5.27. The summed E-state index contributed by atoms with van der Waals surface area (Å²) >= 11 is 6.42. The highest BCUT2D eigenvalue weighted by atomic mass is 35.5. The number of aromatic nitrogens is 3. The molecule has 1 unspecified atom stereocenters. The van der Waals surface area contributed by atoms with Gasteiger partial charge in [0.05, 0.1) is 12.0 Å². The van der Waals surface area contributed by atoms with Gasteiger partial charge in [-0.1, -0.05) is 23.4 Å². The summed E-state index contributed by atoms with van der Waals surface area (Å²) in [7, 11) is 0. The van der Waals surface area contributed by atoms with E-state index in [9.17, 15) is 19.4 Å². The number of aliphatic hydroxyl groups is 2. The van der Waals surface area contributed by atoms with E-state index in [4.69, 9.17) is 22.1 Å². The highest BCUT2D eigenvalue weighted by Crippen LogP contribution is 2.44. The van der Waals surface area contributed by atoms with Gasteiger partial charge < -0.3 is 25.3 Å². The maximum absolute atomic E-state index is 12.5. The average Bonchev–Trinajstić information content (AvgIpc) is 3.06. The van der Waals surface area contributed by atoms with Gasteiger partial charge in [-0.3, -0.25) is 9.78 Å². The fourth-order valence-corrected chi connectivity index (χ4v) is 3.08. The largest absolute Gasteiger partial charge is 0.394 e. The number of hydrogen-bond donors (Lipinski definition) is 4. The van der Waals surface area contributed by atoms with Crippen LogP contribution in [0.15, 0.2) is 17.1 Å². The van der Waals surface area contributed by atoms with Crippen molar-refractivity contribution in [1.29, 1.82) is 0 Å². The number of fused-ring (bicyclic) bond motifs is 1. The van der Waals surface area contributed by atoms with Gasteiger partial charge in [-0.05, 0) is 6.07 Å². The van der Waals surface area contributed by atoms with Crippen molar-refractivity contribution in [3.8, 4) is 11.8 Å². The van der Waals surface area contributed by atoms with Gasteiger partial charge in [0.15, 0.2) is 16.7 Å². The van der Waals surface area contributed by atoms with Crippen LogP contribution >= 0.6 is 11.6 Å². The quantitative estimate of drug-likeness (QED) is 0.425. The van der Waals surface area contributed by atoms with Gasteiger partial charge in [-0.25, -0.2) is 4.39 Å². The molecule has 2 aromatic heterocycles. The number of aliphatic hydroxyl groups excluding tert-OH is 2. The number of aromatic amines is 1. The predicted molar refractivity (Wildman–Crippen MR) is 84.1 cm³/mol. The molecule has 4 atom stereocenters. The predicted octanol–water partition coefficient (Wildman–Crippen LogP) is -0.492. The lowest BCUT2D eigenvalue weighted by Crippen LogP contribution is -2.41. The first-order chi connectivity index (χ1) is 11.4. The second kappa shape index (κ2) is 6.07. The van der Waals surface area contributed by atoms with Crippen molar-refractivity contribution >= 4 is 28.6 Å². The number of rotatable bonds is 2. The molecular weight excluding hydrogens is 343 g/mol. The molecule has 3 rings (SSSR count). The molecule has 0 aliphatic carbocycles. The van der Waals surface area contributed by atoms with Crippen molar-refractivity contribution in [2.45, 2.75) is 23.3 Å². The Balaban J connectivity index is 2.18. The lowest BCUT2D eigenvalue weighted by atomic mass is 9.99. The van der Waals surface area contributed by atoms with Gasteiger partial charge in [-0.2, -0.15) is 4.98 Å². The minimum atomic E-state index is -1.73. The summed E-state index contributed by atoms with van der Waals surface area (Å²) in [4.78, 5) is 16.6. The zero-order valence-electron chi connectivity index (χ0n) is 12.2. The molecule has 24 heavy (non-hydrogen) atoms. The number of nitrogens with zero attached hydrogens (tertiary/aromatic N) is 2. The number of anilines is 1. The maximum atomic E-state index is 12.5. The van der Waals surface area contributed by atoms with Gasteiger partial charge in [-0.15, -0.1) is 0 Å². The number of ether oxygens (including phenoxy) is 1. The van der Waals surface area contributed by atoms with Crippen LogP contribution < -0.4 is 11.3 Å². The Morgan fingerprint density at radius 3 is 3.04 bits per heavy atom. The number of nitrogens with two attached hydrogens (primary N) is 1. The highest BCUT2D eigenvalue weighted by Gasteiger charge is 2.55. The molecule has 1 fully saturated rings. The van der Waals surface area contributed by atoms with Crippen LogP contribution in [0.2, 0.25) is 0 Å². The van der Waals surface area contributed by atoms with Crippen molar-refractivity contribution in [3.63, 3.8) is 0 Å². The SMILES string of the molecule is Nc1nc2c(ccn2[C@@H]2O[C@H](CO)C(O)[C@]2(Cl)C#CCF)c(=O)[nH]1. The summed E-state index contributed by atoms with van der Waals surface area (Å²) in [5, 5.41) is 19.9. The molecule has 0 bridgehead atoms. The smallest absolute Gasteiger partial charge is 0.261 e. The van der Waals surface area contributed by atoms with E-state index < -0.39 is 42.2 Å². The first-order valence-corrected chi connectivity index (χ1v) is 7.35. The van der Waals surface area contributed by atoms with E-state index in [1.54, 1.807) is 0 Å². The normalized spacial score (nSPS) is 29.6. The third-order valence-electron chi connectivity index (χ3n) is 3.82. The molecule has 1 aliphatic heterocycles. The molecule has 0 spiro atoms. The molecule has 1 saturated heterocycles. The number of hydrogen-bond acceptors (Lipinski definition) is 6.